The molecule has 7 heteroatoms. The maximum atomic E-state index is 12.6. The highest BCUT2D eigenvalue weighted by molar-refractivity contribution is 9.11. The minimum atomic E-state index is -0.413. The van der Waals surface area contributed by atoms with E-state index in [1.165, 1.54) is 17.6 Å². The van der Waals surface area contributed by atoms with Gasteiger partial charge in [0.1, 0.15) is 16.3 Å². The van der Waals surface area contributed by atoms with Crippen molar-refractivity contribution in [1.82, 2.24) is 0 Å². The van der Waals surface area contributed by atoms with E-state index in [1.807, 2.05) is 35.7 Å². The van der Waals surface area contributed by atoms with Gasteiger partial charge in [-0.2, -0.15) is 0 Å². The lowest BCUT2D eigenvalue weighted by Gasteiger charge is -2.06. The van der Waals surface area contributed by atoms with Crippen LogP contribution in [0.4, 0.5) is 5.00 Å². The van der Waals surface area contributed by atoms with Crippen LogP contribution in [0.25, 0.3) is 11.1 Å². The highest BCUT2D eigenvalue weighted by atomic mass is 79.9. The van der Waals surface area contributed by atoms with E-state index in [0.717, 1.165) is 15.6 Å². The van der Waals surface area contributed by atoms with Crippen LogP contribution in [-0.4, -0.2) is 23.9 Å². The molecular weight excluding hydrogens is 494 g/mol. The highest BCUT2D eigenvalue weighted by Gasteiger charge is 2.21. The molecule has 0 saturated heterocycles. The molecule has 3 aromatic rings. The molecule has 2 aromatic carbocycles. The minimum Gasteiger partial charge on any atom is -0.506 e. The molecule has 1 aromatic heterocycles. The van der Waals surface area contributed by atoms with E-state index in [-0.39, 0.29) is 12.4 Å². The van der Waals surface area contributed by atoms with E-state index in [1.54, 1.807) is 19.1 Å². The molecule has 4 nitrogen and oxygen atoms in total. The predicted octanol–water partition coefficient (Wildman–Crippen LogP) is 6.57. The van der Waals surface area contributed by atoms with Gasteiger partial charge in [0.2, 0.25) is 0 Å². The number of benzene rings is 2. The van der Waals surface area contributed by atoms with Gasteiger partial charge in [0.05, 0.1) is 11.1 Å². The van der Waals surface area contributed by atoms with E-state index in [0.29, 0.717) is 20.6 Å². The van der Waals surface area contributed by atoms with Crippen LogP contribution in [0.1, 0.15) is 22.8 Å². The number of halogens is 2. The van der Waals surface area contributed by atoms with Crippen molar-refractivity contribution in [3.63, 3.8) is 0 Å². The SMILES string of the molecule is CCOC(=O)c1c(-c2ccccc2)csc1N=Cc1cc(Br)cc(Br)c1O. The third kappa shape index (κ3) is 4.48. The fourth-order valence-electron chi connectivity index (χ4n) is 2.49. The third-order valence-electron chi connectivity index (χ3n) is 3.71. The van der Waals surface area contributed by atoms with Crippen LogP contribution >= 0.6 is 43.2 Å². The fourth-order valence-corrected chi connectivity index (χ4v) is 4.65. The molecular formula is C20H15Br2NO3S. The van der Waals surface area contributed by atoms with Gasteiger partial charge in [0, 0.05) is 27.2 Å². The first kappa shape index (κ1) is 19.8. The summed E-state index contributed by atoms with van der Waals surface area (Å²) in [6.45, 7) is 2.05. The van der Waals surface area contributed by atoms with E-state index in [2.05, 4.69) is 36.9 Å². The maximum Gasteiger partial charge on any atom is 0.341 e. The molecule has 138 valence electrons. The molecule has 0 amide bonds. The van der Waals surface area contributed by atoms with Crippen molar-refractivity contribution >= 4 is 60.4 Å². The molecule has 0 spiro atoms. The molecule has 0 saturated carbocycles. The van der Waals surface area contributed by atoms with Crippen LogP contribution in [0.3, 0.4) is 0 Å². The summed E-state index contributed by atoms with van der Waals surface area (Å²) in [5.41, 5.74) is 2.66. The normalized spacial score (nSPS) is 11.1. The Hall–Kier alpha value is -1.96. The number of aliphatic imine (C=N–C) groups is 1. The Balaban J connectivity index is 2.06. The number of aromatic hydroxyl groups is 1. The van der Waals surface area contributed by atoms with E-state index < -0.39 is 5.97 Å². The predicted molar refractivity (Wildman–Crippen MR) is 116 cm³/mol. The summed E-state index contributed by atoms with van der Waals surface area (Å²) < 4.78 is 6.59. The summed E-state index contributed by atoms with van der Waals surface area (Å²) in [5, 5.41) is 12.6. The molecule has 0 fully saturated rings. The highest BCUT2D eigenvalue weighted by Crippen LogP contribution is 2.38. The van der Waals surface area contributed by atoms with Gasteiger partial charge in [-0.25, -0.2) is 9.79 Å². The van der Waals surface area contributed by atoms with Crippen molar-refractivity contribution in [2.75, 3.05) is 6.61 Å². The zero-order valence-electron chi connectivity index (χ0n) is 14.3. The Morgan fingerprint density at radius 1 is 1.26 bits per heavy atom. The summed E-state index contributed by atoms with van der Waals surface area (Å²) in [6, 6.07) is 13.1. The number of carbonyl (C=O) groups is 1. The van der Waals surface area contributed by atoms with Crippen LogP contribution in [0, 0.1) is 0 Å². The second kappa shape index (κ2) is 8.82. The van der Waals surface area contributed by atoms with E-state index >= 15 is 0 Å². The van der Waals surface area contributed by atoms with Crippen molar-refractivity contribution in [2.24, 2.45) is 4.99 Å². The van der Waals surface area contributed by atoms with Crippen LogP contribution in [0.5, 0.6) is 5.75 Å². The number of hydrogen-bond donors (Lipinski definition) is 1. The number of hydrogen-bond acceptors (Lipinski definition) is 5. The number of nitrogens with zero attached hydrogens (tertiary/aromatic N) is 1. The van der Waals surface area contributed by atoms with Crippen LogP contribution < -0.4 is 0 Å². The topological polar surface area (TPSA) is 58.9 Å². The summed E-state index contributed by atoms with van der Waals surface area (Å²) in [5.74, 6) is -0.330. The molecule has 0 bridgehead atoms. The molecule has 0 aliphatic heterocycles. The van der Waals surface area contributed by atoms with Gasteiger partial charge in [-0.05, 0) is 40.5 Å². The number of rotatable bonds is 5. The number of phenols is 1. The molecule has 3 rings (SSSR count). The number of ether oxygens (including phenoxy) is 1. The first-order valence-electron chi connectivity index (χ1n) is 8.07. The zero-order chi connectivity index (χ0) is 19.4. The third-order valence-corrected chi connectivity index (χ3v) is 5.66. The quantitative estimate of drug-likeness (QED) is 0.313. The van der Waals surface area contributed by atoms with Gasteiger partial charge in [0.25, 0.3) is 0 Å². The monoisotopic (exact) mass is 507 g/mol. The first-order valence-corrected chi connectivity index (χ1v) is 10.5. The maximum absolute atomic E-state index is 12.6. The lowest BCUT2D eigenvalue weighted by atomic mass is 10.0. The van der Waals surface area contributed by atoms with Gasteiger partial charge < -0.3 is 9.84 Å². The molecule has 0 unspecified atom stereocenters. The smallest absolute Gasteiger partial charge is 0.341 e. The Labute approximate surface area is 177 Å². The van der Waals surface area contributed by atoms with Crippen molar-refractivity contribution in [2.45, 2.75) is 6.92 Å². The first-order chi connectivity index (χ1) is 13.0. The van der Waals surface area contributed by atoms with Crippen molar-refractivity contribution < 1.29 is 14.6 Å². The Morgan fingerprint density at radius 2 is 2.00 bits per heavy atom. The molecule has 27 heavy (non-hydrogen) atoms. The molecule has 1 heterocycles. The van der Waals surface area contributed by atoms with Crippen molar-refractivity contribution in [3.05, 3.63) is 67.9 Å². The fraction of sp³-hybridized carbons (Fsp3) is 0.100. The standard InChI is InChI=1S/C20H15Br2NO3S/c1-2-26-20(25)17-15(12-6-4-3-5-7-12)11-27-19(17)23-10-13-8-14(21)9-16(22)18(13)24/h3-11,24H,2H2,1H3. The number of esters is 1. The zero-order valence-corrected chi connectivity index (χ0v) is 18.3. The molecule has 0 aliphatic rings. The Bertz CT molecular complexity index is 1000. The second-order valence-corrected chi connectivity index (χ2v) is 8.13. The minimum absolute atomic E-state index is 0.0828. The van der Waals surface area contributed by atoms with Crippen LogP contribution in [0.2, 0.25) is 0 Å². The van der Waals surface area contributed by atoms with Crippen molar-refractivity contribution in [1.29, 1.82) is 0 Å². The number of carbonyl (C=O) groups excluding carboxylic acids is 1. The van der Waals surface area contributed by atoms with Gasteiger partial charge >= 0.3 is 5.97 Å². The average Bonchev–Trinajstić information content (AvgIpc) is 3.08. The molecule has 0 atom stereocenters. The summed E-state index contributed by atoms with van der Waals surface area (Å²) >= 11 is 8.05. The molecule has 0 aliphatic carbocycles. The van der Waals surface area contributed by atoms with Gasteiger partial charge in [0.15, 0.2) is 0 Å². The Kier molecular flexibility index (Phi) is 6.46. The van der Waals surface area contributed by atoms with Gasteiger partial charge in [-0.3, -0.25) is 0 Å². The average molecular weight is 509 g/mol. The summed E-state index contributed by atoms with van der Waals surface area (Å²) in [4.78, 5) is 17.0. The lowest BCUT2D eigenvalue weighted by Crippen LogP contribution is -2.05. The van der Waals surface area contributed by atoms with Crippen LogP contribution in [-0.2, 0) is 4.74 Å². The number of thiophene rings is 1. The van der Waals surface area contributed by atoms with Crippen molar-refractivity contribution in [3.8, 4) is 16.9 Å². The van der Waals surface area contributed by atoms with Gasteiger partial charge in [-0.15, -0.1) is 11.3 Å². The van der Waals surface area contributed by atoms with E-state index in [9.17, 15) is 9.90 Å². The lowest BCUT2D eigenvalue weighted by molar-refractivity contribution is 0.0529. The largest absolute Gasteiger partial charge is 0.506 e. The van der Waals surface area contributed by atoms with Gasteiger partial charge in [-0.1, -0.05) is 46.3 Å². The van der Waals surface area contributed by atoms with Crippen LogP contribution in [0.15, 0.2) is 61.8 Å². The second-order valence-electron chi connectivity index (χ2n) is 5.50. The summed E-state index contributed by atoms with van der Waals surface area (Å²) in [7, 11) is 0. The number of phenolic OH excluding ortho intramolecular Hbond substituents is 1. The summed E-state index contributed by atoms with van der Waals surface area (Å²) in [6.07, 6.45) is 1.54. The van der Waals surface area contributed by atoms with E-state index in [4.69, 9.17) is 4.74 Å². The Morgan fingerprint density at radius 3 is 2.70 bits per heavy atom. The molecule has 0 radical (unpaired) electrons. The molecule has 1 N–H and O–H groups in total.